The van der Waals surface area contributed by atoms with Crippen LogP contribution >= 0.6 is 0 Å². The van der Waals surface area contributed by atoms with Crippen LogP contribution in [-0.2, 0) is 85.5 Å². The number of nitrogens with zero attached hydrogens (tertiary/aromatic N) is 9. The summed E-state index contributed by atoms with van der Waals surface area (Å²) in [6.07, 6.45) is 21.6. The largest absolute Gasteiger partial charge is 1.00 e. The maximum Gasteiger partial charge on any atom is 1.00 e. The number of β-amino-alcohol motifs (C(OH)–C–C–N with tert-alkyl or cyclic N) is 3. The van der Waals surface area contributed by atoms with Gasteiger partial charge in [-0.2, -0.15) is 0 Å². The molecule has 0 aromatic heterocycles. The van der Waals surface area contributed by atoms with E-state index in [0.29, 0.717) is 119 Å². The number of carbonyl (C=O) groups is 7. The van der Waals surface area contributed by atoms with Crippen LogP contribution in [0.25, 0.3) is 0 Å². The van der Waals surface area contributed by atoms with Crippen molar-refractivity contribution in [1.29, 1.82) is 0 Å². The minimum absolute atomic E-state index is 0. The van der Waals surface area contributed by atoms with E-state index in [1.54, 1.807) is 126 Å². The summed E-state index contributed by atoms with van der Waals surface area (Å²) in [5.74, 6) is 1.29. The zero-order chi connectivity index (χ0) is 103. The number of hydrogen-bond acceptors (Lipinski definition) is 36. The third kappa shape index (κ3) is 88.5. The molecule has 10 aliphatic rings. The van der Waals surface area contributed by atoms with Crippen LogP contribution in [0.2, 0.25) is 0 Å². The smallest absolute Gasteiger partial charge is 1.00 e. The first kappa shape index (κ1) is 153. The van der Waals surface area contributed by atoms with E-state index >= 15 is 0 Å². The molecule has 0 aromatic rings. The van der Waals surface area contributed by atoms with Crippen molar-refractivity contribution in [2.75, 3.05) is 258 Å². The van der Waals surface area contributed by atoms with E-state index in [2.05, 4.69) is 60.4 Å². The summed E-state index contributed by atoms with van der Waals surface area (Å²) in [6, 6.07) is 0. The molecule has 9 heterocycles. The minimum atomic E-state index is -1.06. The molecule has 140 heavy (non-hydrogen) atoms. The summed E-state index contributed by atoms with van der Waals surface area (Å²) in [5, 5.41) is 62.3. The molecule has 1 saturated carbocycles. The molecule has 8 saturated heterocycles. The predicted molar refractivity (Wildman–Crippen MR) is 546 cm³/mol. The second kappa shape index (κ2) is 90.5. The van der Waals surface area contributed by atoms with Crippen LogP contribution in [0.5, 0.6) is 0 Å². The van der Waals surface area contributed by atoms with Gasteiger partial charge in [-0.05, 0) is 229 Å². The van der Waals surface area contributed by atoms with E-state index in [1.165, 1.54) is 4.90 Å². The van der Waals surface area contributed by atoms with E-state index in [1.807, 2.05) is 72.9 Å². The zero-order valence-corrected chi connectivity index (χ0v) is 96.4. The van der Waals surface area contributed by atoms with Crippen molar-refractivity contribution in [1.82, 2.24) is 44.1 Å². The Hall–Kier alpha value is -2.44. The van der Waals surface area contributed by atoms with Gasteiger partial charge in [-0.3, -0.25) is 29.0 Å². The average molecular weight is 2030 g/mol. The maximum absolute atomic E-state index is 11.9. The minimum Gasteiger partial charge on any atom is -1.00 e. The normalized spacial score (nSPS) is 26.6. The van der Waals surface area contributed by atoms with Crippen LogP contribution in [0.1, 0.15) is 228 Å². The van der Waals surface area contributed by atoms with Gasteiger partial charge in [-0.15, -0.1) is 0 Å². The Morgan fingerprint density at radius 1 is 0.336 bits per heavy atom. The predicted octanol–water partition coefficient (Wildman–Crippen LogP) is 2.04. The number of rotatable bonds is 10. The monoisotopic (exact) mass is 2030 g/mol. The van der Waals surface area contributed by atoms with Gasteiger partial charge in [0.2, 0.25) is 0 Å². The average Bonchev–Trinajstić information content (AvgIpc) is 1.64. The molecule has 0 spiro atoms. The summed E-state index contributed by atoms with van der Waals surface area (Å²) < 4.78 is 71.2. The van der Waals surface area contributed by atoms with E-state index in [0.717, 1.165) is 188 Å². The molecule has 9 fully saturated rings. The molecule has 0 bridgehead atoms. The molecule has 1 amide bonds. The van der Waals surface area contributed by atoms with E-state index in [9.17, 15) is 59.1 Å². The molecule has 10 rings (SSSR count). The fourth-order valence-electron chi connectivity index (χ4n) is 15.1. The first-order chi connectivity index (χ1) is 63.3. The van der Waals surface area contributed by atoms with Gasteiger partial charge >= 0.3 is 77.5 Å². The Balaban J connectivity index is -0.000000167. The van der Waals surface area contributed by atoms with Gasteiger partial charge in [-0.1, -0.05) is 19.6 Å². The Labute approximate surface area is 897 Å². The van der Waals surface area contributed by atoms with Crippen LogP contribution in [0.3, 0.4) is 0 Å². The van der Waals surface area contributed by atoms with Gasteiger partial charge < -0.3 is 139 Å². The number of ketones is 4. The molecule has 9 aliphatic heterocycles. The molecular formula is C99H201B2N9Na2O28. The molecule has 6 radical (unpaired) electrons. The Morgan fingerprint density at radius 3 is 1.02 bits per heavy atom. The van der Waals surface area contributed by atoms with Gasteiger partial charge in [0.15, 0.2) is 0 Å². The van der Waals surface area contributed by atoms with E-state index in [-0.39, 0.29) is 167 Å². The number of aliphatic hydroxyl groups excluding tert-OH is 7. The number of methoxy groups -OCH3 is 10. The number of carbonyl (C=O) groups excluding carboxylic acids is 7. The molecule has 41 heteroatoms. The van der Waals surface area contributed by atoms with Crippen molar-refractivity contribution in [3.05, 3.63) is 12.2 Å². The summed E-state index contributed by atoms with van der Waals surface area (Å²) in [5.41, 5.74) is -1.91. The number of likely N-dealkylation sites (tertiary alicyclic amines) is 8. The number of ether oxygens (including phenoxy) is 14. The van der Waals surface area contributed by atoms with Crippen LogP contribution in [0, 0.1) is 0 Å². The molecular weight excluding hydrogens is 1830 g/mol. The van der Waals surface area contributed by atoms with Gasteiger partial charge in [0.05, 0.1) is 118 Å². The number of aliphatic hydroxyl groups is 7. The fourth-order valence-corrected chi connectivity index (χ4v) is 15.1. The second-order valence-electron chi connectivity index (χ2n) is 39.4. The Kier molecular flexibility index (Phi) is 98.7. The quantitative estimate of drug-likeness (QED) is 0.0411. The van der Waals surface area contributed by atoms with Crippen molar-refractivity contribution >= 4 is 58.4 Å². The fraction of sp³-hybridized carbons (Fsp3) is 0.909. The Morgan fingerprint density at radius 2 is 0.650 bits per heavy atom. The first-order valence-corrected chi connectivity index (χ1v) is 48.6. The number of likely N-dealkylation sites (N-methyl/N-ethyl adjacent to an activating group) is 8. The summed E-state index contributed by atoms with van der Waals surface area (Å²) >= 11 is 0. The third-order valence-corrected chi connectivity index (χ3v) is 22.5. The molecule has 15 unspecified atom stereocenters. The van der Waals surface area contributed by atoms with Crippen molar-refractivity contribution in [2.24, 2.45) is 0 Å². The topological polar surface area (TPSA) is 419 Å². The van der Waals surface area contributed by atoms with E-state index in [4.69, 9.17) is 71.8 Å². The van der Waals surface area contributed by atoms with Crippen LogP contribution in [0.15, 0.2) is 12.2 Å². The van der Waals surface area contributed by atoms with Gasteiger partial charge in [0, 0.05) is 238 Å². The van der Waals surface area contributed by atoms with Gasteiger partial charge in [0.25, 0.3) is 0 Å². The van der Waals surface area contributed by atoms with Crippen molar-refractivity contribution in [3.63, 3.8) is 0 Å². The Bertz CT molecular complexity index is 2920. The first-order valence-electron chi connectivity index (χ1n) is 48.6. The summed E-state index contributed by atoms with van der Waals surface area (Å²) in [7, 11) is 33.2. The third-order valence-electron chi connectivity index (χ3n) is 22.5. The zero-order valence-electron chi connectivity index (χ0n) is 94.4. The van der Waals surface area contributed by atoms with Crippen molar-refractivity contribution in [2.45, 2.75) is 333 Å². The summed E-state index contributed by atoms with van der Waals surface area (Å²) in [6.45, 7) is 34.0. The van der Waals surface area contributed by atoms with Gasteiger partial charge in [-0.25, -0.2) is 14.4 Å². The molecule has 1 aliphatic carbocycles. The molecule has 7 N–H and O–H groups in total. The molecule has 37 nitrogen and oxygen atoms in total. The summed E-state index contributed by atoms with van der Waals surface area (Å²) in [4.78, 5) is 96.8. The number of Topliss-reactive ketones (excluding diaryl/α,β-unsaturated/α-hetero) is 4. The maximum atomic E-state index is 11.9. The van der Waals surface area contributed by atoms with Crippen molar-refractivity contribution in [3.8, 4) is 0 Å². The van der Waals surface area contributed by atoms with Crippen LogP contribution in [-0.4, -0.2) is 505 Å². The molecule has 818 valence electrons. The van der Waals surface area contributed by atoms with Crippen LogP contribution in [0.4, 0.5) is 14.4 Å². The van der Waals surface area contributed by atoms with Crippen molar-refractivity contribution < 1.29 is 198 Å². The molecule has 15 atom stereocenters. The van der Waals surface area contributed by atoms with Crippen LogP contribution < -0.4 is 59.1 Å². The molecule has 0 aromatic carbocycles. The van der Waals surface area contributed by atoms with E-state index < -0.39 is 35.2 Å². The number of hydrogen-bond donors (Lipinski definition) is 7. The second-order valence-corrected chi connectivity index (χ2v) is 39.4. The van der Waals surface area contributed by atoms with Gasteiger partial charge in [0.1, 0.15) is 39.9 Å². The number of amides is 1. The standard InChI is InChI=1S/C12H23NO4.C10H18O5.C8H17NO2.2C8H15NO2.2C8H17NO2.2C8H15NO2.C8H15NO.C8H16O2.2C2H6O.CH4.2B.2Na.2H/c1-12(2,3)17-11(15)13-7-9(14)5-6-10(8-13)16-4;1-9(2,3)14-7(11)13-8(12)15-10(4,5)6;3*1-9-4-3-7(10)5-8(6-9)11-2;4*1-9-5-7(10)3-4-8(6-9)11-2;1-9-6-4-3-5-8(7-9)10-2;1-10-8-4-2-3-7(9)5-6-8;2*1-2-3;;;;;;;/h9-10,14H,5-8H2,1-4H3;1-6H3;7-8,10H,3-6H2,1-2H3;2*8H,3-6H2,1-2H3;2*7-8,10H,3-6H2,1-2H3;2*8H,3-6H2,1-2H3;3-4,8H,5-7H2,1-2H3;7-9H,2-6H2,1H3;2*3H,2H2,1H3;1H4;;;;;;/q;;;;;;;;;;;;;;;;2*+1;2*-1. The SMILES string of the molecule is C.CC(C)(C)OC(=O)OC(=O)OC(C)(C)C.CCO.CCO.COC1CC(=O)CCN(C)C1.COC1CC(=O)CCN(C)C1.COC1CC(O)CCN(C)C1.COC1CC=CCN(C)C1.COC1CCC(=O)CN(C)C1.COC1CCC(=O)CN(C)C1.COC1CCC(O)CN(C(=O)OC(C)(C)C)C1.COC1CCC(O)CN(C)C1.COC1CCC(O)CN(C)C1.COC1CCCC(O)CC1.[B].[B].[H-].[H-].[Na+].[Na+].